The van der Waals surface area contributed by atoms with Crippen molar-refractivity contribution in [2.75, 3.05) is 0 Å². The molecule has 0 unspecified atom stereocenters. The number of ether oxygens (including phenoxy) is 1. The lowest BCUT2D eigenvalue weighted by Crippen LogP contribution is -2.56. The quantitative estimate of drug-likeness (QED) is 0.238. The Morgan fingerprint density at radius 2 is 1.14 bits per heavy atom. The summed E-state index contributed by atoms with van der Waals surface area (Å²) in [4.78, 5) is 52.1. The molecule has 0 aliphatic rings. The van der Waals surface area contributed by atoms with Gasteiger partial charge < -0.3 is 20.7 Å². The molecule has 0 aromatic heterocycles. The fourth-order valence-corrected chi connectivity index (χ4v) is 4.59. The van der Waals surface area contributed by atoms with Gasteiger partial charge in [-0.1, -0.05) is 105 Å². The van der Waals surface area contributed by atoms with Crippen LogP contribution in [-0.2, 0) is 43.4 Å². The van der Waals surface area contributed by atoms with Crippen LogP contribution in [-0.4, -0.2) is 41.8 Å². The minimum atomic E-state index is -0.959. The van der Waals surface area contributed by atoms with E-state index in [1.165, 1.54) is 6.92 Å². The number of hydrogen-bond acceptors (Lipinski definition) is 5. The van der Waals surface area contributed by atoms with E-state index in [1.54, 1.807) is 0 Å². The van der Waals surface area contributed by atoms with Gasteiger partial charge in [-0.05, 0) is 41.9 Å². The van der Waals surface area contributed by atoms with E-state index in [0.717, 1.165) is 16.7 Å². The summed E-state index contributed by atoms with van der Waals surface area (Å²) < 4.78 is 5.57. The van der Waals surface area contributed by atoms with Crippen LogP contribution in [0.1, 0.15) is 50.3 Å². The second kappa shape index (κ2) is 16.7. The summed E-state index contributed by atoms with van der Waals surface area (Å²) in [6.07, 6.45) is 1.52. The Balaban J connectivity index is 1.73. The van der Waals surface area contributed by atoms with Crippen molar-refractivity contribution >= 4 is 23.7 Å². The smallest absolute Gasteiger partial charge is 0.329 e. The molecule has 222 valence electrons. The zero-order chi connectivity index (χ0) is 30.3. The van der Waals surface area contributed by atoms with Crippen LogP contribution < -0.4 is 16.0 Å². The Kier molecular flexibility index (Phi) is 12.8. The van der Waals surface area contributed by atoms with Crippen LogP contribution in [0.2, 0.25) is 0 Å². The minimum absolute atomic E-state index is 0.0715. The van der Waals surface area contributed by atoms with E-state index in [1.807, 2.05) is 105 Å². The predicted octanol–water partition coefficient (Wildman–Crippen LogP) is 4.13. The number of aryl methyl sites for hydroxylation is 1. The number of esters is 1. The summed E-state index contributed by atoms with van der Waals surface area (Å²) in [5, 5.41) is 8.39. The molecule has 0 radical (unpaired) electrons. The van der Waals surface area contributed by atoms with Gasteiger partial charge in [-0.15, -0.1) is 0 Å². The molecule has 3 amide bonds. The fraction of sp³-hybridized carbons (Fsp3) is 0.353. The van der Waals surface area contributed by atoms with Gasteiger partial charge in [-0.2, -0.15) is 0 Å². The van der Waals surface area contributed by atoms with Gasteiger partial charge in [-0.3, -0.25) is 14.4 Å². The number of hydrogen-bond donors (Lipinski definition) is 3. The maximum atomic E-state index is 13.6. The van der Waals surface area contributed by atoms with Gasteiger partial charge in [0.1, 0.15) is 24.7 Å². The van der Waals surface area contributed by atoms with Gasteiger partial charge in [-0.25, -0.2) is 4.79 Å². The Hall–Kier alpha value is -4.46. The molecule has 0 heterocycles. The molecule has 3 N–H and O–H groups in total. The first-order chi connectivity index (χ1) is 20.2. The topological polar surface area (TPSA) is 114 Å². The third-order valence-corrected chi connectivity index (χ3v) is 6.71. The van der Waals surface area contributed by atoms with Crippen molar-refractivity contribution in [3.63, 3.8) is 0 Å². The van der Waals surface area contributed by atoms with Crippen molar-refractivity contribution in [1.82, 2.24) is 16.0 Å². The molecule has 0 bridgehead atoms. The molecule has 3 rings (SSSR count). The molecule has 0 fully saturated rings. The number of rotatable bonds is 15. The summed E-state index contributed by atoms with van der Waals surface area (Å²) >= 11 is 0. The monoisotopic (exact) mass is 571 g/mol. The molecule has 42 heavy (non-hydrogen) atoms. The lowest BCUT2D eigenvalue weighted by atomic mass is 10.00. The van der Waals surface area contributed by atoms with Crippen LogP contribution in [0.4, 0.5) is 0 Å². The first-order valence-corrected chi connectivity index (χ1v) is 14.4. The predicted molar refractivity (Wildman–Crippen MR) is 162 cm³/mol. The second-order valence-corrected chi connectivity index (χ2v) is 10.8. The minimum Gasteiger partial charge on any atom is -0.459 e. The van der Waals surface area contributed by atoms with Crippen LogP contribution in [0.25, 0.3) is 0 Å². The SMILES string of the molecule is CC(=O)N[C@@H](CCc1ccccc1)C(=O)N[C@@H](CC(C)C)C(=O)N[C@@H](Cc1ccccc1)C(=O)OCc1ccccc1. The Bertz CT molecular complexity index is 1280. The Labute approximate surface area is 248 Å². The van der Waals surface area contributed by atoms with E-state index in [9.17, 15) is 19.2 Å². The van der Waals surface area contributed by atoms with Gasteiger partial charge >= 0.3 is 5.97 Å². The third-order valence-electron chi connectivity index (χ3n) is 6.71. The van der Waals surface area contributed by atoms with Crippen molar-refractivity contribution in [1.29, 1.82) is 0 Å². The maximum Gasteiger partial charge on any atom is 0.329 e. The van der Waals surface area contributed by atoms with Crippen molar-refractivity contribution < 1.29 is 23.9 Å². The molecule has 3 atom stereocenters. The first kappa shape index (κ1) is 32.1. The lowest BCUT2D eigenvalue weighted by molar-refractivity contribution is -0.149. The van der Waals surface area contributed by atoms with Crippen LogP contribution in [0.15, 0.2) is 91.0 Å². The summed E-state index contributed by atoms with van der Waals surface area (Å²) in [7, 11) is 0. The lowest BCUT2D eigenvalue weighted by Gasteiger charge is -2.26. The third kappa shape index (κ3) is 11.2. The molecular formula is C34H41N3O5. The Morgan fingerprint density at radius 1 is 0.643 bits per heavy atom. The molecule has 8 nitrogen and oxygen atoms in total. The average Bonchev–Trinajstić information content (AvgIpc) is 2.98. The average molecular weight is 572 g/mol. The highest BCUT2D eigenvalue weighted by Gasteiger charge is 2.30. The molecule has 3 aromatic rings. The molecule has 0 saturated heterocycles. The van der Waals surface area contributed by atoms with Gasteiger partial charge in [0.05, 0.1) is 0 Å². The molecule has 0 aliphatic carbocycles. The van der Waals surface area contributed by atoms with Crippen LogP contribution >= 0.6 is 0 Å². The molecule has 0 spiro atoms. The number of amides is 3. The number of benzene rings is 3. The van der Waals surface area contributed by atoms with E-state index in [4.69, 9.17) is 4.74 Å². The number of carbonyl (C=O) groups is 4. The standard InChI is InChI=1S/C34H41N3O5/c1-24(2)21-30(36-32(39)29(35-25(3)38)20-19-26-13-7-4-8-14-26)33(40)37-31(22-27-15-9-5-10-16-27)34(41)42-23-28-17-11-6-12-18-28/h4-18,24,29-31H,19-23H2,1-3H3,(H,35,38)(H,36,39)(H,37,40)/t29-,30-,31-/m0/s1. The summed E-state index contributed by atoms with van der Waals surface area (Å²) in [6.45, 7) is 5.33. The molecule has 0 aliphatic heterocycles. The highest BCUT2D eigenvalue weighted by Crippen LogP contribution is 2.12. The highest BCUT2D eigenvalue weighted by molar-refractivity contribution is 5.93. The van der Waals surface area contributed by atoms with Crippen molar-refractivity contribution in [3.05, 3.63) is 108 Å². The van der Waals surface area contributed by atoms with Gasteiger partial charge in [0, 0.05) is 13.3 Å². The second-order valence-electron chi connectivity index (χ2n) is 10.8. The summed E-state index contributed by atoms with van der Waals surface area (Å²) in [6, 6.07) is 25.7. The zero-order valence-corrected chi connectivity index (χ0v) is 24.5. The van der Waals surface area contributed by atoms with Crippen molar-refractivity contribution in [2.24, 2.45) is 5.92 Å². The van der Waals surface area contributed by atoms with Gasteiger partial charge in [0.15, 0.2) is 0 Å². The van der Waals surface area contributed by atoms with Crippen LogP contribution in [0.5, 0.6) is 0 Å². The van der Waals surface area contributed by atoms with Gasteiger partial charge in [0.2, 0.25) is 17.7 Å². The molecular weight excluding hydrogens is 530 g/mol. The largest absolute Gasteiger partial charge is 0.459 e. The number of nitrogens with one attached hydrogen (secondary N) is 3. The van der Waals surface area contributed by atoms with E-state index in [2.05, 4.69) is 16.0 Å². The summed E-state index contributed by atoms with van der Waals surface area (Å²) in [5.41, 5.74) is 2.73. The molecule has 0 saturated carbocycles. The van der Waals surface area contributed by atoms with E-state index >= 15 is 0 Å². The normalized spacial score (nSPS) is 13.0. The van der Waals surface area contributed by atoms with E-state index in [0.29, 0.717) is 19.3 Å². The fourth-order valence-electron chi connectivity index (χ4n) is 4.59. The Morgan fingerprint density at radius 3 is 1.69 bits per heavy atom. The van der Waals surface area contributed by atoms with Crippen molar-refractivity contribution in [2.45, 2.75) is 71.2 Å². The number of carbonyl (C=O) groups excluding carboxylic acids is 4. The zero-order valence-electron chi connectivity index (χ0n) is 24.5. The highest BCUT2D eigenvalue weighted by atomic mass is 16.5. The van der Waals surface area contributed by atoms with Crippen LogP contribution in [0, 0.1) is 5.92 Å². The first-order valence-electron chi connectivity index (χ1n) is 14.4. The van der Waals surface area contributed by atoms with Crippen molar-refractivity contribution in [3.8, 4) is 0 Å². The van der Waals surface area contributed by atoms with E-state index < -0.39 is 35.9 Å². The van der Waals surface area contributed by atoms with Gasteiger partial charge in [0.25, 0.3) is 0 Å². The van der Waals surface area contributed by atoms with E-state index in [-0.39, 0.29) is 24.9 Å². The summed E-state index contributed by atoms with van der Waals surface area (Å²) in [5.74, 6) is -1.77. The molecule has 3 aromatic carbocycles. The van der Waals surface area contributed by atoms with Crippen LogP contribution in [0.3, 0.4) is 0 Å². The maximum absolute atomic E-state index is 13.6. The molecule has 8 heteroatoms.